The molecule has 1 aliphatic heterocycles. The van der Waals surface area contributed by atoms with Crippen LogP contribution in [-0.2, 0) is 24.7 Å². The molecule has 3 aliphatic carbocycles. The van der Waals surface area contributed by atoms with Gasteiger partial charge in [-0.15, -0.1) is 0 Å². The van der Waals surface area contributed by atoms with Crippen molar-refractivity contribution in [3.8, 4) is 0 Å². The number of benzene rings is 3. The SMILES string of the molecule is O=C1C2C(C(=O)N1c1ccc(Cc3ccncc3)cc1)C1(Br)c3ccccc3C2(Br)c2ccccc21. The number of nitrogens with zero attached hydrogens (tertiary/aromatic N) is 2. The Morgan fingerprint density at radius 1 is 0.639 bits per heavy atom. The van der Waals surface area contributed by atoms with Gasteiger partial charge in [-0.25, -0.2) is 4.90 Å². The highest BCUT2D eigenvalue weighted by Gasteiger charge is 2.72. The van der Waals surface area contributed by atoms with Crippen LogP contribution < -0.4 is 4.90 Å². The fraction of sp³-hybridized carbons (Fsp3) is 0.167. The van der Waals surface area contributed by atoms with Gasteiger partial charge in [0.1, 0.15) is 0 Å². The molecule has 176 valence electrons. The van der Waals surface area contributed by atoms with Crippen LogP contribution in [0.25, 0.3) is 0 Å². The molecule has 1 saturated heterocycles. The van der Waals surface area contributed by atoms with Gasteiger partial charge < -0.3 is 0 Å². The normalized spacial score (nSPS) is 27.6. The fourth-order valence-electron chi connectivity index (χ4n) is 6.42. The standard InChI is InChI=1S/C30H20Br2N2O2/c31-29-21-5-1-2-6-22(21)30(32,24-8-4-3-7-23(24)29)26-25(29)27(35)34(28(26)36)20-11-9-18(10-12-20)17-19-13-15-33-16-14-19/h1-16,25-26H,17H2. The molecule has 2 bridgehead atoms. The van der Waals surface area contributed by atoms with Gasteiger partial charge in [-0.2, -0.15) is 0 Å². The Morgan fingerprint density at radius 3 is 1.50 bits per heavy atom. The number of imide groups is 1. The molecule has 2 atom stereocenters. The van der Waals surface area contributed by atoms with Crippen LogP contribution in [0.15, 0.2) is 97.3 Å². The van der Waals surface area contributed by atoms with Crippen LogP contribution in [0.5, 0.6) is 0 Å². The van der Waals surface area contributed by atoms with Gasteiger partial charge in [-0.3, -0.25) is 14.6 Å². The Bertz CT molecular complexity index is 1430. The van der Waals surface area contributed by atoms with Crippen molar-refractivity contribution >= 4 is 49.4 Å². The quantitative estimate of drug-likeness (QED) is 0.212. The zero-order chi connectivity index (χ0) is 24.7. The number of carbonyl (C=O) groups excluding carboxylic acids is 2. The first-order valence-corrected chi connectivity index (χ1v) is 13.5. The summed E-state index contributed by atoms with van der Waals surface area (Å²) in [4.78, 5) is 33.7. The number of alkyl halides is 2. The van der Waals surface area contributed by atoms with Gasteiger partial charge in [-0.1, -0.05) is 92.5 Å². The summed E-state index contributed by atoms with van der Waals surface area (Å²) in [6.45, 7) is 0. The number of carbonyl (C=O) groups is 2. The van der Waals surface area contributed by atoms with Crippen molar-refractivity contribution in [2.45, 2.75) is 15.1 Å². The summed E-state index contributed by atoms with van der Waals surface area (Å²) < 4.78 is -1.55. The van der Waals surface area contributed by atoms with Gasteiger partial charge in [0.25, 0.3) is 0 Å². The van der Waals surface area contributed by atoms with Gasteiger partial charge in [-0.05, 0) is 64.1 Å². The second-order valence-electron chi connectivity index (χ2n) is 9.68. The van der Waals surface area contributed by atoms with E-state index in [2.05, 4.69) is 61.1 Å². The maximum atomic E-state index is 14.1. The average Bonchev–Trinajstić information content (AvgIpc) is 3.19. The Hall–Kier alpha value is -3.09. The summed E-state index contributed by atoms with van der Waals surface area (Å²) in [5, 5.41) is 0. The van der Waals surface area contributed by atoms with Gasteiger partial charge in [0.2, 0.25) is 11.8 Å². The highest BCUT2D eigenvalue weighted by molar-refractivity contribution is 9.10. The third kappa shape index (κ3) is 2.72. The topological polar surface area (TPSA) is 50.3 Å². The number of pyridine rings is 1. The molecule has 1 fully saturated rings. The zero-order valence-corrected chi connectivity index (χ0v) is 22.2. The van der Waals surface area contributed by atoms with Gasteiger partial charge in [0.15, 0.2) is 0 Å². The third-order valence-electron chi connectivity index (χ3n) is 7.94. The van der Waals surface area contributed by atoms with Gasteiger partial charge in [0, 0.05) is 12.4 Å². The lowest BCUT2D eigenvalue weighted by Crippen LogP contribution is -2.56. The Morgan fingerprint density at radius 2 is 1.06 bits per heavy atom. The van der Waals surface area contributed by atoms with E-state index in [-0.39, 0.29) is 11.8 Å². The summed E-state index contributed by atoms with van der Waals surface area (Å²) in [5.74, 6) is -1.47. The number of amides is 2. The number of hydrogen-bond donors (Lipinski definition) is 0. The number of hydrogen-bond acceptors (Lipinski definition) is 3. The third-order valence-corrected chi connectivity index (χ3v) is 10.6. The molecule has 1 aromatic heterocycles. The summed E-state index contributed by atoms with van der Waals surface area (Å²) in [6.07, 6.45) is 4.32. The molecule has 3 aromatic carbocycles. The predicted molar refractivity (Wildman–Crippen MR) is 145 cm³/mol. The summed E-state index contributed by atoms with van der Waals surface area (Å²) in [5.41, 5.74) is 7.03. The summed E-state index contributed by atoms with van der Waals surface area (Å²) >= 11 is 8.10. The summed E-state index contributed by atoms with van der Waals surface area (Å²) in [7, 11) is 0. The Kier molecular flexibility index (Phi) is 4.74. The van der Waals surface area contributed by atoms with Gasteiger partial charge in [0.05, 0.1) is 26.2 Å². The van der Waals surface area contributed by atoms with E-state index in [0.29, 0.717) is 5.69 Å². The van der Waals surface area contributed by atoms with Crippen LogP contribution >= 0.6 is 31.9 Å². The molecule has 0 spiro atoms. The van der Waals surface area contributed by atoms with Crippen molar-refractivity contribution in [3.05, 3.63) is 131 Å². The van der Waals surface area contributed by atoms with Crippen LogP contribution in [0, 0.1) is 11.8 Å². The van der Waals surface area contributed by atoms with E-state index in [4.69, 9.17) is 0 Å². The van der Waals surface area contributed by atoms with Crippen LogP contribution in [-0.4, -0.2) is 16.8 Å². The first-order chi connectivity index (χ1) is 17.5. The second-order valence-corrected chi connectivity index (χ2v) is 12.2. The van der Waals surface area contributed by atoms with Crippen LogP contribution in [0.3, 0.4) is 0 Å². The van der Waals surface area contributed by atoms with Crippen molar-refractivity contribution < 1.29 is 9.59 Å². The van der Waals surface area contributed by atoms with Crippen molar-refractivity contribution in [1.29, 1.82) is 0 Å². The first-order valence-electron chi connectivity index (χ1n) is 11.9. The molecule has 0 N–H and O–H groups in total. The smallest absolute Gasteiger partial charge is 0.239 e. The van der Waals surface area contributed by atoms with E-state index in [1.807, 2.05) is 60.7 Å². The highest BCUT2D eigenvalue weighted by atomic mass is 79.9. The number of rotatable bonds is 3. The van der Waals surface area contributed by atoms with Crippen LogP contribution in [0.1, 0.15) is 33.4 Å². The molecule has 36 heavy (non-hydrogen) atoms. The Labute approximate surface area is 225 Å². The molecular weight excluding hydrogens is 580 g/mol. The minimum absolute atomic E-state index is 0.170. The molecule has 4 nitrogen and oxygen atoms in total. The molecule has 4 aromatic rings. The lowest BCUT2D eigenvalue weighted by molar-refractivity contribution is -0.122. The maximum Gasteiger partial charge on any atom is 0.239 e. The minimum Gasteiger partial charge on any atom is -0.274 e. The van der Waals surface area contributed by atoms with Crippen LogP contribution in [0.2, 0.25) is 0 Å². The van der Waals surface area contributed by atoms with E-state index in [1.54, 1.807) is 12.4 Å². The molecule has 6 heteroatoms. The molecule has 8 rings (SSSR count). The molecule has 2 heterocycles. The number of aromatic nitrogens is 1. The van der Waals surface area contributed by atoms with E-state index >= 15 is 0 Å². The highest BCUT2D eigenvalue weighted by Crippen LogP contribution is 2.70. The monoisotopic (exact) mass is 598 g/mol. The van der Waals surface area contributed by atoms with E-state index in [9.17, 15) is 9.59 Å². The zero-order valence-electron chi connectivity index (χ0n) is 19.1. The first kappa shape index (κ1) is 22.1. The van der Waals surface area contributed by atoms with E-state index in [1.165, 1.54) is 4.90 Å². The largest absolute Gasteiger partial charge is 0.274 e. The minimum atomic E-state index is -0.775. The van der Waals surface area contributed by atoms with E-state index < -0.39 is 20.5 Å². The fourth-order valence-corrected chi connectivity index (χ4v) is 8.72. The number of anilines is 1. The predicted octanol–water partition coefficient (Wildman–Crippen LogP) is 6.08. The lowest BCUT2D eigenvalue weighted by Gasteiger charge is -2.55. The molecular formula is C30H20Br2N2O2. The molecule has 4 aliphatic rings. The van der Waals surface area contributed by atoms with Crippen molar-refractivity contribution in [1.82, 2.24) is 4.98 Å². The maximum absolute atomic E-state index is 14.1. The van der Waals surface area contributed by atoms with Crippen molar-refractivity contribution in [2.75, 3.05) is 4.90 Å². The molecule has 2 amide bonds. The molecule has 0 saturated carbocycles. The van der Waals surface area contributed by atoms with E-state index in [0.717, 1.165) is 39.8 Å². The molecule has 2 unspecified atom stereocenters. The Balaban J connectivity index is 1.34. The number of halogens is 2. The lowest BCUT2D eigenvalue weighted by atomic mass is 9.54. The second kappa shape index (κ2) is 7.70. The van der Waals surface area contributed by atoms with Gasteiger partial charge >= 0.3 is 0 Å². The van der Waals surface area contributed by atoms with Crippen molar-refractivity contribution in [3.63, 3.8) is 0 Å². The summed E-state index contributed by atoms with van der Waals surface area (Å²) in [6, 6.07) is 28.0. The van der Waals surface area contributed by atoms with Crippen LogP contribution in [0.4, 0.5) is 5.69 Å². The average molecular weight is 600 g/mol. The van der Waals surface area contributed by atoms with Crippen molar-refractivity contribution in [2.24, 2.45) is 11.8 Å². The molecule has 0 radical (unpaired) electrons.